The van der Waals surface area contributed by atoms with E-state index in [0.717, 1.165) is 15.8 Å². The van der Waals surface area contributed by atoms with Crippen molar-refractivity contribution in [3.8, 4) is 0 Å². The molecule has 0 radical (unpaired) electrons. The Kier molecular flexibility index (Phi) is 3.57. The third-order valence-electron chi connectivity index (χ3n) is 2.36. The first-order chi connectivity index (χ1) is 8.54. The Labute approximate surface area is 107 Å². The highest BCUT2D eigenvalue weighted by molar-refractivity contribution is 7.22. The summed E-state index contributed by atoms with van der Waals surface area (Å²) in [4.78, 5) is 25.7. The molecule has 1 heterocycles. The number of anilines is 1. The van der Waals surface area contributed by atoms with Gasteiger partial charge in [0.25, 0.3) is 0 Å². The zero-order valence-corrected chi connectivity index (χ0v) is 10.6. The summed E-state index contributed by atoms with van der Waals surface area (Å²) in [6.45, 7) is 1.43. The van der Waals surface area contributed by atoms with Gasteiger partial charge in [-0.1, -0.05) is 17.4 Å². The van der Waals surface area contributed by atoms with Gasteiger partial charge in [-0.15, -0.1) is 0 Å². The van der Waals surface area contributed by atoms with Crippen LogP contribution in [0.4, 0.5) is 5.13 Å². The van der Waals surface area contributed by atoms with E-state index in [9.17, 15) is 9.59 Å². The number of aliphatic carboxylic acids is 1. The molecule has 18 heavy (non-hydrogen) atoms. The number of aryl methyl sites for hydroxylation is 1. The zero-order valence-electron chi connectivity index (χ0n) is 9.77. The summed E-state index contributed by atoms with van der Waals surface area (Å²) < 4.78 is 0.946. The average molecular weight is 264 g/mol. The van der Waals surface area contributed by atoms with E-state index in [2.05, 4.69) is 10.3 Å². The van der Waals surface area contributed by atoms with Crippen LogP contribution in [0.15, 0.2) is 18.2 Å². The fraction of sp³-hybridized carbons (Fsp3) is 0.250. The van der Waals surface area contributed by atoms with Crippen LogP contribution >= 0.6 is 11.3 Å². The summed E-state index contributed by atoms with van der Waals surface area (Å²) in [5, 5.41) is 11.8. The van der Waals surface area contributed by atoms with Crippen molar-refractivity contribution in [3.05, 3.63) is 23.8 Å². The van der Waals surface area contributed by atoms with Gasteiger partial charge in [0.1, 0.15) is 0 Å². The highest BCUT2D eigenvalue weighted by atomic mass is 32.1. The van der Waals surface area contributed by atoms with Gasteiger partial charge in [0.2, 0.25) is 5.91 Å². The number of aromatic nitrogens is 1. The van der Waals surface area contributed by atoms with Crippen LogP contribution in [0.1, 0.15) is 18.9 Å². The summed E-state index contributed by atoms with van der Waals surface area (Å²) in [5.74, 6) is -0.960. The van der Waals surface area contributed by atoms with Gasteiger partial charge in [-0.3, -0.25) is 9.59 Å². The molecule has 5 nitrogen and oxygen atoms in total. The second-order valence-electron chi connectivity index (χ2n) is 3.90. The zero-order chi connectivity index (χ0) is 13.1. The molecule has 0 aliphatic carbocycles. The maximum atomic E-state index is 10.9. The lowest BCUT2D eigenvalue weighted by Crippen LogP contribution is -2.04. The Bertz CT molecular complexity index is 606. The van der Waals surface area contributed by atoms with Crippen molar-refractivity contribution in [1.82, 2.24) is 4.98 Å². The fourth-order valence-electron chi connectivity index (χ4n) is 1.58. The molecular weight excluding hydrogens is 252 g/mol. The van der Waals surface area contributed by atoms with Gasteiger partial charge in [-0.05, 0) is 24.1 Å². The van der Waals surface area contributed by atoms with Crippen LogP contribution < -0.4 is 5.32 Å². The number of carboxylic acid groups (broad SMARTS) is 1. The van der Waals surface area contributed by atoms with Crippen LogP contribution in [0.3, 0.4) is 0 Å². The van der Waals surface area contributed by atoms with Crippen molar-refractivity contribution >= 4 is 38.6 Å². The highest BCUT2D eigenvalue weighted by Gasteiger charge is 2.06. The summed E-state index contributed by atoms with van der Waals surface area (Å²) in [5.41, 5.74) is 1.77. The number of carboxylic acids is 1. The minimum absolute atomic E-state index is 0.114. The van der Waals surface area contributed by atoms with Crippen molar-refractivity contribution in [1.29, 1.82) is 0 Å². The number of nitrogens with zero attached hydrogens (tertiary/aromatic N) is 1. The van der Waals surface area contributed by atoms with E-state index in [1.165, 1.54) is 18.3 Å². The molecule has 2 aromatic rings. The molecular formula is C12H12N2O3S. The smallest absolute Gasteiger partial charge is 0.303 e. The monoisotopic (exact) mass is 264 g/mol. The Balaban J connectivity index is 2.22. The quantitative estimate of drug-likeness (QED) is 0.887. The molecule has 0 aliphatic rings. The second-order valence-corrected chi connectivity index (χ2v) is 4.93. The number of benzene rings is 1. The van der Waals surface area contributed by atoms with Gasteiger partial charge in [-0.25, -0.2) is 4.98 Å². The number of nitrogens with one attached hydrogen (secondary N) is 1. The number of carbonyl (C=O) groups is 2. The van der Waals surface area contributed by atoms with Crippen molar-refractivity contribution in [3.63, 3.8) is 0 Å². The summed E-state index contributed by atoms with van der Waals surface area (Å²) in [6.07, 6.45) is 0.613. The van der Waals surface area contributed by atoms with Gasteiger partial charge in [0.15, 0.2) is 5.13 Å². The molecule has 1 aromatic carbocycles. The number of amides is 1. The molecule has 0 atom stereocenters. The number of rotatable bonds is 4. The van der Waals surface area contributed by atoms with E-state index < -0.39 is 5.97 Å². The summed E-state index contributed by atoms with van der Waals surface area (Å²) in [7, 11) is 0. The van der Waals surface area contributed by atoms with Crippen LogP contribution in [-0.4, -0.2) is 22.0 Å². The first kappa shape index (κ1) is 12.5. The molecule has 6 heteroatoms. The predicted octanol–water partition coefficient (Wildman–Crippen LogP) is 2.27. The molecule has 1 aromatic heterocycles. The SMILES string of the molecule is CC(=O)Nc1nc2ccc(CCC(=O)O)cc2s1. The Morgan fingerprint density at radius 1 is 1.44 bits per heavy atom. The maximum absolute atomic E-state index is 10.9. The lowest BCUT2D eigenvalue weighted by molar-refractivity contribution is -0.137. The van der Waals surface area contributed by atoms with Crippen molar-refractivity contribution in [2.24, 2.45) is 0 Å². The van der Waals surface area contributed by atoms with Gasteiger partial charge >= 0.3 is 5.97 Å². The molecule has 0 saturated heterocycles. The minimum atomic E-state index is -0.807. The molecule has 1 amide bonds. The van der Waals surface area contributed by atoms with Gasteiger partial charge in [0, 0.05) is 13.3 Å². The number of fused-ring (bicyclic) bond motifs is 1. The van der Waals surface area contributed by atoms with Crippen LogP contribution in [0.2, 0.25) is 0 Å². The molecule has 0 bridgehead atoms. The van der Waals surface area contributed by atoms with E-state index in [1.54, 1.807) is 0 Å². The first-order valence-electron chi connectivity index (χ1n) is 5.43. The average Bonchev–Trinajstić information content (AvgIpc) is 2.66. The predicted molar refractivity (Wildman–Crippen MR) is 69.9 cm³/mol. The molecule has 2 N–H and O–H groups in total. The molecule has 0 saturated carbocycles. The third-order valence-corrected chi connectivity index (χ3v) is 3.30. The van der Waals surface area contributed by atoms with Gasteiger partial charge in [-0.2, -0.15) is 0 Å². The van der Waals surface area contributed by atoms with E-state index in [0.29, 0.717) is 11.6 Å². The summed E-state index contributed by atoms with van der Waals surface area (Å²) >= 11 is 1.38. The van der Waals surface area contributed by atoms with Crippen molar-refractivity contribution in [2.45, 2.75) is 19.8 Å². The van der Waals surface area contributed by atoms with Crippen molar-refractivity contribution < 1.29 is 14.7 Å². The van der Waals surface area contributed by atoms with Crippen molar-refractivity contribution in [2.75, 3.05) is 5.32 Å². The van der Waals surface area contributed by atoms with Gasteiger partial charge in [0.05, 0.1) is 10.2 Å². The first-order valence-corrected chi connectivity index (χ1v) is 6.25. The van der Waals surface area contributed by atoms with Crippen LogP contribution in [-0.2, 0) is 16.0 Å². The van der Waals surface area contributed by atoms with E-state index >= 15 is 0 Å². The molecule has 94 valence electrons. The largest absolute Gasteiger partial charge is 0.481 e. The molecule has 0 unspecified atom stereocenters. The van der Waals surface area contributed by atoms with Crippen LogP contribution in [0.5, 0.6) is 0 Å². The Morgan fingerprint density at radius 2 is 2.22 bits per heavy atom. The van der Waals surface area contributed by atoms with E-state index in [-0.39, 0.29) is 12.3 Å². The van der Waals surface area contributed by atoms with Crippen LogP contribution in [0, 0.1) is 0 Å². The van der Waals surface area contributed by atoms with E-state index in [4.69, 9.17) is 5.11 Å². The fourth-order valence-corrected chi connectivity index (χ4v) is 2.56. The molecule has 0 fully saturated rings. The standard InChI is InChI=1S/C12H12N2O3S/c1-7(15)13-12-14-9-4-2-8(3-5-11(16)17)6-10(9)18-12/h2,4,6H,3,5H2,1H3,(H,16,17)(H,13,14,15). The highest BCUT2D eigenvalue weighted by Crippen LogP contribution is 2.27. The minimum Gasteiger partial charge on any atom is -0.481 e. The van der Waals surface area contributed by atoms with Gasteiger partial charge < -0.3 is 10.4 Å². The Morgan fingerprint density at radius 3 is 2.89 bits per heavy atom. The topological polar surface area (TPSA) is 79.3 Å². The third kappa shape index (κ3) is 3.04. The lowest BCUT2D eigenvalue weighted by atomic mass is 10.1. The lowest BCUT2D eigenvalue weighted by Gasteiger charge is -1.97. The van der Waals surface area contributed by atoms with Crippen LogP contribution in [0.25, 0.3) is 10.2 Å². The second kappa shape index (κ2) is 5.14. The molecule has 0 spiro atoms. The number of hydrogen-bond donors (Lipinski definition) is 2. The number of hydrogen-bond acceptors (Lipinski definition) is 4. The number of carbonyl (C=O) groups excluding carboxylic acids is 1. The maximum Gasteiger partial charge on any atom is 0.303 e. The normalized spacial score (nSPS) is 10.5. The number of thiazole rings is 1. The van der Waals surface area contributed by atoms with E-state index in [1.807, 2.05) is 18.2 Å². The molecule has 0 aliphatic heterocycles. The summed E-state index contributed by atoms with van der Waals surface area (Å²) in [6, 6.07) is 5.62. The Hall–Kier alpha value is -1.95. The molecule has 2 rings (SSSR count).